The average molecular weight is 377 g/mol. The van der Waals surface area contributed by atoms with Crippen LogP contribution in [-0.2, 0) is 0 Å². The van der Waals surface area contributed by atoms with E-state index in [0.29, 0.717) is 0 Å². The molecule has 0 aliphatic heterocycles. The minimum absolute atomic E-state index is 0.227. The summed E-state index contributed by atoms with van der Waals surface area (Å²) >= 11 is 8.57. The van der Waals surface area contributed by atoms with Crippen molar-refractivity contribution in [3.63, 3.8) is 0 Å². The molecular formula is C14H11ClFIO. The van der Waals surface area contributed by atoms with E-state index in [9.17, 15) is 4.39 Å². The zero-order chi connectivity index (χ0) is 13.1. The molecule has 0 saturated heterocycles. The van der Waals surface area contributed by atoms with Crippen molar-refractivity contribution in [3.05, 3.63) is 63.0 Å². The highest BCUT2D eigenvalue weighted by molar-refractivity contribution is 14.1. The first-order chi connectivity index (χ1) is 8.61. The van der Waals surface area contributed by atoms with Crippen LogP contribution in [0, 0.1) is 9.39 Å². The van der Waals surface area contributed by atoms with Gasteiger partial charge in [0.1, 0.15) is 0 Å². The second kappa shape index (κ2) is 5.89. The predicted octanol–water partition coefficient (Wildman–Crippen LogP) is 4.77. The molecule has 0 bridgehead atoms. The van der Waals surface area contributed by atoms with E-state index >= 15 is 0 Å². The maximum Gasteiger partial charge on any atom is 0.165 e. The topological polar surface area (TPSA) is 9.23 Å². The summed E-state index contributed by atoms with van der Waals surface area (Å²) in [6, 6.07) is 12.6. The Morgan fingerprint density at radius 1 is 1.11 bits per heavy atom. The van der Waals surface area contributed by atoms with Gasteiger partial charge in [0.15, 0.2) is 11.6 Å². The monoisotopic (exact) mass is 376 g/mol. The van der Waals surface area contributed by atoms with Gasteiger partial charge in [-0.3, -0.25) is 0 Å². The van der Waals surface area contributed by atoms with Gasteiger partial charge in [-0.1, -0.05) is 18.2 Å². The summed E-state index contributed by atoms with van der Waals surface area (Å²) in [4.78, 5) is 0. The van der Waals surface area contributed by atoms with Crippen molar-refractivity contribution in [2.24, 2.45) is 0 Å². The molecule has 0 spiro atoms. The smallest absolute Gasteiger partial charge is 0.165 e. The lowest BCUT2D eigenvalue weighted by Crippen LogP contribution is -1.96. The third-order valence-electron chi connectivity index (χ3n) is 2.63. The molecule has 1 atom stereocenters. The van der Waals surface area contributed by atoms with E-state index in [1.807, 2.05) is 24.3 Å². The minimum Gasteiger partial charge on any atom is -0.494 e. The van der Waals surface area contributed by atoms with Crippen LogP contribution in [0.1, 0.15) is 16.5 Å². The number of hydrogen-bond acceptors (Lipinski definition) is 1. The molecule has 0 amide bonds. The summed E-state index contributed by atoms with van der Waals surface area (Å²) in [6.45, 7) is 0. The molecule has 2 aromatic carbocycles. The van der Waals surface area contributed by atoms with Crippen LogP contribution in [0.4, 0.5) is 4.39 Å². The summed E-state index contributed by atoms with van der Waals surface area (Å²) in [6.07, 6.45) is 0. The lowest BCUT2D eigenvalue weighted by molar-refractivity contribution is 0.386. The molecule has 2 rings (SSSR count). The van der Waals surface area contributed by atoms with Crippen LogP contribution >= 0.6 is 34.2 Å². The van der Waals surface area contributed by atoms with E-state index in [4.69, 9.17) is 16.3 Å². The zero-order valence-corrected chi connectivity index (χ0v) is 12.6. The molecule has 0 aliphatic carbocycles. The van der Waals surface area contributed by atoms with E-state index in [0.717, 1.165) is 14.7 Å². The van der Waals surface area contributed by atoms with Gasteiger partial charge in [-0.25, -0.2) is 4.39 Å². The summed E-state index contributed by atoms with van der Waals surface area (Å²) in [5, 5.41) is -0.359. The fraction of sp³-hybridized carbons (Fsp3) is 0.143. The highest BCUT2D eigenvalue weighted by atomic mass is 127. The van der Waals surface area contributed by atoms with E-state index in [-0.39, 0.29) is 11.1 Å². The molecule has 0 saturated carbocycles. The molecule has 0 radical (unpaired) electrons. The van der Waals surface area contributed by atoms with Crippen molar-refractivity contribution in [2.45, 2.75) is 5.38 Å². The summed E-state index contributed by atoms with van der Waals surface area (Å²) < 4.78 is 19.6. The van der Waals surface area contributed by atoms with Crippen LogP contribution in [0.2, 0.25) is 0 Å². The fourth-order valence-electron chi connectivity index (χ4n) is 1.66. The number of methoxy groups -OCH3 is 1. The van der Waals surface area contributed by atoms with Gasteiger partial charge in [-0.2, -0.15) is 0 Å². The molecule has 18 heavy (non-hydrogen) atoms. The van der Waals surface area contributed by atoms with Gasteiger partial charge in [0.05, 0.1) is 12.5 Å². The van der Waals surface area contributed by atoms with Crippen LogP contribution in [0.25, 0.3) is 0 Å². The van der Waals surface area contributed by atoms with E-state index < -0.39 is 5.82 Å². The first kappa shape index (κ1) is 13.6. The van der Waals surface area contributed by atoms with Crippen molar-refractivity contribution in [1.29, 1.82) is 0 Å². The Morgan fingerprint density at radius 2 is 1.72 bits per heavy atom. The quantitative estimate of drug-likeness (QED) is 0.554. The number of hydrogen-bond donors (Lipinski definition) is 0. The lowest BCUT2D eigenvalue weighted by Gasteiger charge is -2.11. The first-order valence-electron chi connectivity index (χ1n) is 5.35. The van der Waals surface area contributed by atoms with Crippen molar-refractivity contribution >= 4 is 34.2 Å². The SMILES string of the molecule is COc1ccc(C(Cl)c2ccc(I)cc2)cc1F. The largest absolute Gasteiger partial charge is 0.494 e. The lowest BCUT2D eigenvalue weighted by atomic mass is 10.0. The standard InChI is InChI=1S/C14H11ClFIO/c1-18-13-7-4-10(8-12(13)16)14(15)9-2-5-11(17)6-3-9/h2-8,14H,1H3. The Morgan fingerprint density at radius 3 is 2.28 bits per heavy atom. The molecule has 0 N–H and O–H groups in total. The molecule has 0 fully saturated rings. The molecule has 1 nitrogen and oxygen atoms in total. The Balaban J connectivity index is 2.31. The van der Waals surface area contributed by atoms with Crippen LogP contribution in [0.15, 0.2) is 42.5 Å². The fourth-order valence-corrected chi connectivity index (χ4v) is 2.31. The Kier molecular flexibility index (Phi) is 4.45. The second-order valence-corrected chi connectivity index (χ2v) is 5.49. The van der Waals surface area contributed by atoms with E-state index in [2.05, 4.69) is 22.6 Å². The van der Waals surface area contributed by atoms with Crippen LogP contribution in [-0.4, -0.2) is 7.11 Å². The molecule has 0 aliphatic rings. The van der Waals surface area contributed by atoms with E-state index in [1.54, 1.807) is 12.1 Å². The third-order valence-corrected chi connectivity index (χ3v) is 3.85. The molecule has 2 aromatic rings. The van der Waals surface area contributed by atoms with Gasteiger partial charge in [0, 0.05) is 3.57 Å². The van der Waals surface area contributed by atoms with E-state index in [1.165, 1.54) is 13.2 Å². The van der Waals surface area contributed by atoms with Gasteiger partial charge < -0.3 is 4.74 Å². The van der Waals surface area contributed by atoms with Crippen LogP contribution < -0.4 is 4.74 Å². The normalized spacial score (nSPS) is 12.2. The number of rotatable bonds is 3. The van der Waals surface area contributed by atoms with Gasteiger partial charge >= 0.3 is 0 Å². The van der Waals surface area contributed by atoms with Crippen molar-refractivity contribution in [2.75, 3.05) is 7.11 Å². The average Bonchev–Trinajstić information content (AvgIpc) is 2.38. The Hall–Kier alpha value is -0.810. The summed E-state index contributed by atoms with van der Waals surface area (Å²) in [5.74, 6) is -0.170. The maximum absolute atomic E-state index is 13.6. The third kappa shape index (κ3) is 2.95. The zero-order valence-electron chi connectivity index (χ0n) is 9.66. The molecule has 94 valence electrons. The number of halogens is 3. The predicted molar refractivity (Wildman–Crippen MR) is 79.8 cm³/mol. The first-order valence-corrected chi connectivity index (χ1v) is 6.86. The van der Waals surface area contributed by atoms with Gasteiger partial charge in [0.2, 0.25) is 0 Å². The Bertz CT molecular complexity index is 542. The van der Waals surface area contributed by atoms with Gasteiger partial charge in [0.25, 0.3) is 0 Å². The molecule has 0 heterocycles. The summed E-state index contributed by atoms with van der Waals surface area (Å²) in [7, 11) is 1.44. The summed E-state index contributed by atoms with van der Waals surface area (Å²) in [5.41, 5.74) is 1.66. The number of ether oxygens (including phenoxy) is 1. The van der Waals surface area contributed by atoms with Gasteiger partial charge in [-0.15, -0.1) is 11.6 Å². The molecule has 4 heteroatoms. The minimum atomic E-state index is -0.397. The van der Waals surface area contributed by atoms with Crippen molar-refractivity contribution in [3.8, 4) is 5.75 Å². The molecule has 1 unspecified atom stereocenters. The van der Waals surface area contributed by atoms with Crippen molar-refractivity contribution < 1.29 is 9.13 Å². The van der Waals surface area contributed by atoms with Gasteiger partial charge in [-0.05, 0) is 58.0 Å². The van der Waals surface area contributed by atoms with Crippen LogP contribution in [0.3, 0.4) is 0 Å². The number of benzene rings is 2. The molecular weight excluding hydrogens is 366 g/mol. The molecule has 0 aromatic heterocycles. The number of alkyl halides is 1. The maximum atomic E-state index is 13.6. The van der Waals surface area contributed by atoms with Crippen molar-refractivity contribution in [1.82, 2.24) is 0 Å². The second-order valence-electron chi connectivity index (χ2n) is 3.81. The highest BCUT2D eigenvalue weighted by Crippen LogP contribution is 2.31. The Labute approximate surface area is 124 Å². The highest BCUT2D eigenvalue weighted by Gasteiger charge is 2.13. The van der Waals surface area contributed by atoms with Crippen LogP contribution in [0.5, 0.6) is 5.75 Å².